The van der Waals surface area contributed by atoms with Gasteiger partial charge in [-0.05, 0) is 63.0 Å². The van der Waals surface area contributed by atoms with Crippen LogP contribution in [0.1, 0.15) is 77.7 Å². The van der Waals surface area contributed by atoms with Gasteiger partial charge in [-0.15, -0.1) is 0 Å². The van der Waals surface area contributed by atoms with Gasteiger partial charge >= 0.3 is 17.9 Å². The lowest BCUT2D eigenvalue weighted by atomic mass is 9.72. The van der Waals surface area contributed by atoms with Gasteiger partial charge in [0.2, 0.25) is 23.6 Å². The van der Waals surface area contributed by atoms with Gasteiger partial charge in [0.1, 0.15) is 12.1 Å². The zero-order valence-electron chi connectivity index (χ0n) is 30.8. The minimum atomic E-state index is -2.74. The van der Waals surface area contributed by atoms with E-state index in [2.05, 4.69) is 10.6 Å². The largest absolute Gasteiger partial charge is 0.481 e. The molecule has 10 N–H and O–H groups in total. The van der Waals surface area contributed by atoms with Crippen LogP contribution in [0, 0.1) is 11.3 Å². The van der Waals surface area contributed by atoms with Crippen LogP contribution in [0.15, 0.2) is 30.3 Å². The third-order valence-electron chi connectivity index (χ3n) is 9.46. The number of likely N-dealkylation sites (tertiary alicyclic amines) is 2. The Kier molecular flexibility index (Phi) is 17.3. The number of nitrogens with one attached hydrogen (secondary N) is 2. The number of carboxylic acid groups (broad SMARTS) is 3. The molecule has 53 heavy (non-hydrogen) atoms. The number of aliphatic hydroxyl groups is 1. The Labute approximate surface area is 309 Å². The van der Waals surface area contributed by atoms with Gasteiger partial charge in [-0.25, -0.2) is 4.79 Å². The fraction of sp³-hybridized carbons (Fsp3) is 0.639. The summed E-state index contributed by atoms with van der Waals surface area (Å²) in [5.74, 6) is -5.64. The Bertz CT molecular complexity index is 1410. The molecule has 17 nitrogen and oxygen atoms in total. The molecule has 2 aliphatic rings. The number of carbonyl (C=O) groups excluding carboxylic acids is 4. The highest BCUT2D eigenvalue weighted by Crippen LogP contribution is 2.40. The number of nitrogens with two attached hydrogens (primary N) is 2. The summed E-state index contributed by atoms with van der Waals surface area (Å²) in [6.07, 6.45) is 2.14. The van der Waals surface area contributed by atoms with Crippen LogP contribution < -0.4 is 22.1 Å². The predicted octanol–water partition coefficient (Wildman–Crippen LogP) is -0.0765. The Morgan fingerprint density at radius 3 is 1.87 bits per heavy atom. The Morgan fingerprint density at radius 2 is 1.40 bits per heavy atom. The van der Waals surface area contributed by atoms with Gasteiger partial charge in [0.05, 0.1) is 18.9 Å². The van der Waals surface area contributed by atoms with Crippen LogP contribution >= 0.6 is 0 Å². The highest BCUT2D eigenvalue weighted by atomic mass is 16.4. The first-order valence-corrected chi connectivity index (χ1v) is 17.9. The molecule has 1 aromatic carbocycles. The molecule has 2 heterocycles. The van der Waals surface area contributed by atoms with Gasteiger partial charge in [0.15, 0.2) is 5.60 Å². The minimum absolute atomic E-state index is 0.0934. The molecule has 3 atom stereocenters. The second-order valence-corrected chi connectivity index (χ2v) is 14.5. The number of aliphatic carboxylic acids is 3. The van der Waals surface area contributed by atoms with Crippen LogP contribution in [0.3, 0.4) is 0 Å². The monoisotopic (exact) mass is 748 g/mol. The molecule has 2 saturated heterocycles. The third kappa shape index (κ3) is 14.4. The Balaban J connectivity index is 0.000000636. The first-order valence-electron chi connectivity index (χ1n) is 17.9. The molecular weight excluding hydrogens is 692 g/mol. The molecule has 296 valence electrons. The summed E-state index contributed by atoms with van der Waals surface area (Å²) in [4.78, 5) is 85.8. The molecule has 3 rings (SSSR count). The van der Waals surface area contributed by atoms with Crippen LogP contribution in [0.5, 0.6) is 0 Å². The first kappa shape index (κ1) is 44.6. The number of benzene rings is 1. The average Bonchev–Trinajstić information content (AvgIpc) is 3.05. The lowest BCUT2D eigenvalue weighted by molar-refractivity contribution is -0.170. The molecule has 1 aromatic rings. The predicted molar refractivity (Wildman–Crippen MR) is 192 cm³/mol. The normalized spacial score (nSPS) is 16.7. The van der Waals surface area contributed by atoms with Crippen molar-refractivity contribution in [2.75, 3.05) is 32.7 Å². The number of carboxylic acids is 3. The molecule has 0 aliphatic carbocycles. The third-order valence-corrected chi connectivity index (χ3v) is 9.46. The van der Waals surface area contributed by atoms with Crippen molar-refractivity contribution in [3.8, 4) is 0 Å². The molecule has 17 heteroatoms. The van der Waals surface area contributed by atoms with Crippen LogP contribution in [-0.2, 0) is 40.0 Å². The number of nitrogens with zero attached hydrogens (tertiary/aromatic N) is 2. The number of carbonyl (C=O) groups is 7. The number of hydrogen-bond donors (Lipinski definition) is 8. The van der Waals surface area contributed by atoms with Gasteiger partial charge in [-0.2, -0.15) is 0 Å². The molecule has 4 amide bonds. The van der Waals surface area contributed by atoms with Crippen molar-refractivity contribution in [1.29, 1.82) is 0 Å². The van der Waals surface area contributed by atoms with Crippen molar-refractivity contribution in [1.82, 2.24) is 20.4 Å². The van der Waals surface area contributed by atoms with Gasteiger partial charge in [-0.1, -0.05) is 44.2 Å². The highest BCUT2D eigenvalue weighted by Gasteiger charge is 2.47. The van der Waals surface area contributed by atoms with E-state index in [1.807, 2.05) is 54.0 Å². The van der Waals surface area contributed by atoms with E-state index in [-0.39, 0.29) is 29.1 Å². The molecule has 2 aliphatic heterocycles. The first-order chi connectivity index (χ1) is 24.8. The number of amides is 4. The van der Waals surface area contributed by atoms with Crippen molar-refractivity contribution in [3.05, 3.63) is 35.9 Å². The maximum atomic E-state index is 13.6. The minimum Gasteiger partial charge on any atom is -0.481 e. The van der Waals surface area contributed by atoms with Crippen LogP contribution in [0.25, 0.3) is 0 Å². The van der Waals surface area contributed by atoms with Crippen molar-refractivity contribution >= 4 is 41.5 Å². The molecule has 0 unspecified atom stereocenters. The zero-order chi connectivity index (χ0) is 39.9. The lowest BCUT2D eigenvalue weighted by Gasteiger charge is -2.54. The molecule has 0 saturated carbocycles. The second kappa shape index (κ2) is 20.6. The highest BCUT2D eigenvalue weighted by molar-refractivity contribution is 5.93. The quantitative estimate of drug-likeness (QED) is 0.0914. The van der Waals surface area contributed by atoms with Crippen LogP contribution in [0.2, 0.25) is 0 Å². The van der Waals surface area contributed by atoms with Gasteiger partial charge in [0, 0.05) is 38.5 Å². The summed E-state index contributed by atoms with van der Waals surface area (Å²) in [6.45, 7) is 8.79. The van der Waals surface area contributed by atoms with E-state index in [4.69, 9.17) is 31.9 Å². The molecule has 0 aromatic heterocycles. The number of unbranched alkanes of at least 4 members (excludes halogenated alkanes) is 1. The molecular formula is C36H56N6O11. The number of rotatable bonds is 18. The average molecular weight is 749 g/mol. The number of piperidine rings is 1. The van der Waals surface area contributed by atoms with Crippen molar-refractivity contribution in [3.63, 3.8) is 0 Å². The zero-order valence-corrected chi connectivity index (χ0v) is 30.8. The molecule has 1 spiro atoms. The Morgan fingerprint density at radius 1 is 0.849 bits per heavy atom. The molecule has 2 fully saturated rings. The summed E-state index contributed by atoms with van der Waals surface area (Å²) in [6, 6.07) is 7.24. The molecule has 0 bridgehead atoms. The summed E-state index contributed by atoms with van der Waals surface area (Å²) in [5.41, 5.74) is 10.2. The van der Waals surface area contributed by atoms with Crippen molar-refractivity contribution < 1.29 is 54.0 Å². The van der Waals surface area contributed by atoms with Gasteiger partial charge < -0.3 is 52.3 Å². The summed E-state index contributed by atoms with van der Waals surface area (Å²) in [7, 11) is 0. The molecule has 0 radical (unpaired) electrons. The second-order valence-electron chi connectivity index (χ2n) is 14.5. The summed E-state index contributed by atoms with van der Waals surface area (Å²) < 4.78 is 0. The van der Waals surface area contributed by atoms with Crippen molar-refractivity contribution in [2.24, 2.45) is 22.8 Å². The van der Waals surface area contributed by atoms with E-state index in [1.165, 1.54) is 0 Å². The maximum absolute atomic E-state index is 13.6. The van der Waals surface area contributed by atoms with E-state index in [0.29, 0.717) is 45.3 Å². The topological polar surface area (TPSA) is 283 Å². The van der Waals surface area contributed by atoms with Gasteiger partial charge in [0.25, 0.3) is 0 Å². The van der Waals surface area contributed by atoms with E-state index in [0.717, 1.165) is 37.9 Å². The van der Waals surface area contributed by atoms with Crippen LogP contribution in [-0.4, -0.2) is 128 Å². The van der Waals surface area contributed by atoms with Gasteiger partial charge in [-0.3, -0.25) is 28.8 Å². The maximum Gasteiger partial charge on any atom is 0.336 e. The van der Waals surface area contributed by atoms with E-state index >= 15 is 0 Å². The lowest BCUT2D eigenvalue weighted by Crippen LogP contribution is -2.63. The summed E-state index contributed by atoms with van der Waals surface area (Å²) >= 11 is 0. The van der Waals surface area contributed by atoms with E-state index in [1.54, 1.807) is 6.92 Å². The van der Waals surface area contributed by atoms with E-state index < -0.39 is 60.4 Å². The Hall–Kier alpha value is -4.61. The fourth-order valence-corrected chi connectivity index (χ4v) is 6.40. The fourth-order valence-electron chi connectivity index (χ4n) is 6.40. The SMILES string of the molecule is CC(=O)N1CC2(CCN(C(=O)[C@@H](CCCCN)NC(=O)[C@@H](CC(C)C)NC(=O)[C@H](N)Cc3ccccc3)CC2)C1.O=C(O)CC(O)(CC(=O)O)C(=O)O. The smallest absolute Gasteiger partial charge is 0.336 e. The van der Waals surface area contributed by atoms with E-state index in [9.17, 15) is 33.6 Å². The number of hydrogen-bond acceptors (Lipinski definition) is 10. The van der Waals surface area contributed by atoms with Crippen molar-refractivity contribution in [2.45, 2.75) is 102 Å². The standard InChI is InChI=1S/C30H48N6O4.C6H8O7/c1-21(2)17-26(34-27(38)24(32)18-23-9-5-4-6-10-23)28(39)33-25(11-7-8-14-31)29(40)35-15-12-30(13-16-35)19-36(20-30)22(3)37;7-3(8)1-6(13,5(11)12)2-4(9)10/h4-6,9-10,21,24-26H,7-8,11-20,31-32H2,1-3H3,(H,33,39)(H,34,38);13H,1-2H2,(H,7,8)(H,9,10)(H,11,12)/t24-,25-,26-;/m1./s1. The summed E-state index contributed by atoms with van der Waals surface area (Å²) in [5, 5.41) is 39.6. The van der Waals surface area contributed by atoms with Crippen LogP contribution in [0.4, 0.5) is 0 Å².